The van der Waals surface area contributed by atoms with Crippen LogP contribution in [0, 0.1) is 0 Å². The van der Waals surface area contributed by atoms with Crippen molar-refractivity contribution in [2.75, 3.05) is 11.9 Å². The molecule has 5 heteroatoms. The van der Waals surface area contributed by atoms with Gasteiger partial charge in [-0.25, -0.2) is 4.79 Å². The average Bonchev–Trinajstić information content (AvgIpc) is 2.86. The van der Waals surface area contributed by atoms with E-state index in [2.05, 4.69) is 15.9 Å². The predicted molar refractivity (Wildman–Crippen MR) is 48.5 cm³/mol. The first-order valence-electron chi connectivity index (χ1n) is 4.09. The normalized spacial score (nSPS) is 17.7. The molecule has 0 amide bonds. The third-order valence-corrected chi connectivity index (χ3v) is 2.23. The maximum Gasteiger partial charge on any atom is 0.350 e. The molecule has 0 bridgehead atoms. The fourth-order valence-corrected chi connectivity index (χ4v) is 1.08. The highest BCUT2D eigenvalue weighted by molar-refractivity contribution is 9.09. The van der Waals surface area contributed by atoms with Gasteiger partial charge < -0.3 is 9.47 Å². The zero-order valence-corrected chi connectivity index (χ0v) is 8.93. The Morgan fingerprint density at radius 3 is 2.46 bits per heavy atom. The number of hydrogen-bond acceptors (Lipinski definition) is 4. The summed E-state index contributed by atoms with van der Waals surface area (Å²) in [6.07, 6.45) is 1.15. The van der Waals surface area contributed by atoms with Gasteiger partial charge in [-0.1, -0.05) is 15.9 Å². The van der Waals surface area contributed by atoms with Crippen LogP contribution in [-0.2, 0) is 19.1 Å². The van der Waals surface area contributed by atoms with E-state index in [0.29, 0.717) is 19.4 Å². The zero-order chi connectivity index (χ0) is 9.90. The Labute approximate surface area is 84.7 Å². The summed E-state index contributed by atoms with van der Waals surface area (Å²) in [5.41, 5.74) is -0.957. The van der Waals surface area contributed by atoms with Crippen LogP contribution in [0.25, 0.3) is 0 Å². The van der Waals surface area contributed by atoms with Crippen LogP contribution in [0.4, 0.5) is 0 Å². The molecule has 13 heavy (non-hydrogen) atoms. The highest BCUT2D eigenvalue weighted by Gasteiger charge is 2.55. The van der Waals surface area contributed by atoms with Gasteiger partial charge in [0, 0.05) is 12.8 Å². The van der Waals surface area contributed by atoms with Crippen molar-refractivity contribution in [3.8, 4) is 0 Å². The van der Waals surface area contributed by atoms with E-state index in [0.717, 1.165) is 0 Å². The molecule has 0 aromatic heterocycles. The largest absolute Gasteiger partial charge is 0.463 e. The lowest BCUT2D eigenvalue weighted by atomic mass is 10.3. The van der Waals surface area contributed by atoms with Crippen molar-refractivity contribution in [2.45, 2.75) is 25.4 Å². The summed E-state index contributed by atoms with van der Waals surface area (Å²) in [6, 6.07) is 0. The Morgan fingerprint density at radius 1 is 1.46 bits per heavy atom. The third-order valence-electron chi connectivity index (χ3n) is 1.77. The summed E-state index contributed by atoms with van der Waals surface area (Å²) in [5, 5.41) is 0.105. The van der Waals surface area contributed by atoms with Gasteiger partial charge >= 0.3 is 11.9 Å². The van der Waals surface area contributed by atoms with Gasteiger partial charge in [-0.2, -0.15) is 0 Å². The molecule has 0 saturated heterocycles. The molecule has 0 aromatic carbocycles. The van der Waals surface area contributed by atoms with E-state index >= 15 is 0 Å². The summed E-state index contributed by atoms with van der Waals surface area (Å²) in [7, 11) is 0. The second kappa shape index (κ2) is 4.09. The van der Waals surface area contributed by atoms with Gasteiger partial charge in [0.2, 0.25) is 5.60 Å². The number of alkyl halides is 1. The monoisotopic (exact) mass is 250 g/mol. The Morgan fingerprint density at radius 2 is 2.08 bits per heavy atom. The maximum absolute atomic E-state index is 11.3. The number of hydrogen-bond donors (Lipinski definition) is 0. The summed E-state index contributed by atoms with van der Waals surface area (Å²) in [5.74, 6) is -0.852. The summed E-state index contributed by atoms with van der Waals surface area (Å²) in [6.45, 7) is 2.03. The maximum atomic E-state index is 11.3. The van der Waals surface area contributed by atoms with Crippen molar-refractivity contribution in [1.82, 2.24) is 0 Å². The van der Waals surface area contributed by atoms with Gasteiger partial charge in [-0.15, -0.1) is 0 Å². The number of esters is 2. The standard InChI is InChI=1S/C8H11BrO4/c1-2-12-7(11)8(3-4-8)13-6(10)5-9/h2-5H2,1H3. The van der Waals surface area contributed by atoms with Crippen LogP contribution < -0.4 is 0 Å². The number of rotatable bonds is 4. The second-order valence-electron chi connectivity index (χ2n) is 2.82. The molecule has 1 aliphatic rings. The molecule has 0 aromatic rings. The van der Waals surface area contributed by atoms with E-state index in [1.165, 1.54) is 0 Å². The van der Waals surface area contributed by atoms with Crippen molar-refractivity contribution in [3.63, 3.8) is 0 Å². The fourth-order valence-electron chi connectivity index (χ4n) is 0.969. The average molecular weight is 251 g/mol. The molecule has 0 heterocycles. The molecule has 74 valence electrons. The molecule has 0 unspecified atom stereocenters. The lowest BCUT2D eigenvalue weighted by Crippen LogP contribution is -2.31. The van der Waals surface area contributed by atoms with Crippen LogP contribution in [0.2, 0.25) is 0 Å². The number of carbonyl (C=O) groups is 2. The summed E-state index contributed by atoms with van der Waals surface area (Å²) in [4.78, 5) is 22.2. The molecule has 1 fully saturated rings. The lowest BCUT2D eigenvalue weighted by Gasteiger charge is -2.13. The van der Waals surface area contributed by atoms with Gasteiger partial charge in [0.05, 0.1) is 6.61 Å². The first-order valence-corrected chi connectivity index (χ1v) is 5.22. The molecule has 1 saturated carbocycles. The van der Waals surface area contributed by atoms with Crippen molar-refractivity contribution in [1.29, 1.82) is 0 Å². The fraction of sp³-hybridized carbons (Fsp3) is 0.750. The lowest BCUT2D eigenvalue weighted by molar-refractivity contribution is -0.169. The van der Waals surface area contributed by atoms with E-state index in [1.54, 1.807) is 6.92 Å². The van der Waals surface area contributed by atoms with E-state index in [9.17, 15) is 9.59 Å². The van der Waals surface area contributed by atoms with Crippen molar-refractivity contribution < 1.29 is 19.1 Å². The third kappa shape index (κ3) is 2.43. The zero-order valence-electron chi connectivity index (χ0n) is 7.34. The Bertz CT molecular complexity index is 222. The summed E-state index contributed by atoms with van der Waals surface area (Å²) >= 11 is 2.96. The Kier molecular flexibility index (Phi) is 3.30. The first-order chi connectivity index (χ1) is 6.14. The van der Waals surface area contributed by atoms with Crippen molar-refractivity contribution in [2.24, 2.45) is 0 Å². The smallest absolute Gasteiger partial charge is 0.350 e. The van der Waals surface area contributed by atoms with Crippen LogP contribution in [0.3, 0.4) is 0 Å². The SMILES string of the molecule is CCOC(=O)C1(OC(=O)CBr)CC1. The van der Waals surface area contributed by atoms with Gasteiger partial charge in [0.25, 0.3) is 0 Å². The molecule has 1 aliphatic carbocycles. The minimum atomic E-state index is -0.957. The van der Waals surface area contributed by atoms with Crippen LogP contribution in [0.15, 0.2) is 0 Å². The summed E-state index contributed by atoms with van der Waals surface area (Å²) < 4.78 is 9.74. The van der Waals surface area contributed by atoms with Crippen LogP contribution in [-0.4, -0.2) is 29.5 Å². The van der Waals surface area contributed by atoms with E-state index in [1.807, 2.05) is 0 Å². The van der Waals surface area contributed by atoms with Crippen molar-refractivity contribution >= 4 is 27.9 Å². The molecule has 0 atom stereocenters. The highest BCUT2D eigenvalue weighted by atomic mass is 79.9. The minimum Gasteiger partial charge on any atom is -0.463 e. The molecule has 1 rings (SSSR count). The topological polar surface area (TPSA) is 52.6 Å². The highest BCUT2D eigenvalue weighted by Crippen LogP contribution is 2.40. The molecule has 0 spiro atoms. The number of halogens is 1. The van der Waals surface area contributed by atoms with Gasteiger partial charge in [-0.3, -0.25) is 4.79 Å². The quantitative estimate of drug-likeness (QED) is 0.553. The predicted octanol–water partition coefficient (Wildman–Crippen LogP) is 1.02. The van der Waals surface area contributed by atoms with Crippen LogP contribution in [0.1, 0.15) is 19.8 Å². The van der Waals surface area contributed by atoms with Crippen LogP contribution in [0.5, 0.6) is 0 Å². The van der Waals surface area contributed by atoms with E-state index in [4.69, 9.17) is 9.47 Å². The molecular weight excluding hydrogens is 240 g/mol. The molecule has 4 nitrogen and oxygen atoms in total. The minimum absolute atomic E-state index is 0.105. The van der Waals surface area contributed by atoms with E-state index in [-0.39, 0.29) is 5.33 Å². The van der Waals surface area contributed by atoms with E-state index < -0.39 is 17.5 Å². The molecular formula is C8H11BrO4. The number of ether oxygens (including phenoxy) is 2. The molecule has 0 N–H and O–H groups in total. The van der Waals surface area contributed by atoms with Gasteiger partial charge in [0.1, 0.15) is 5.33 Å². The van der Waals surface area contributed by atoms with Gasteiger partial charge in [0.15, 0.2) is 0 Å². The number of carbonyl (C=O) groups excluding carboxylic acids is 2. The Hall–Kier alpha value is -0.580. The second-order valence-corrected chi connectivity index (χ2v) is 3.38. The van der Waals surface area contributed by atoms with Gasteiger partial charge in [-0.05, 0) is 6.92 Å². The first kappa shape index (κ1) is 10.5. The Balaban J connectivity index is 2.47. The van der Waals surface area contributed by atoms with Crippen LogP contribution >= 0.6 is 15.9 Å². The molecule has 0 aliphatic heterocycles. The molecule has 0 radical (unpaired) electrons. The van der Waals surface area contributed by atoms with Crippen molar-refractivity contribution in [3.05, 3.63) is 0 Å².